The number of hydrogen-bond donors (Lipinski definition) is 1. The SMILES string of the molecule is CC(C(O)(c1ccccc1)c1ccccc1)S(=O)(=O)c1ccc(Cl)cc1. The van der Waals surface area contributed by atoms with E-state index in [-0.39, 0.29) is 4.90 Å². The van der Waals surface area contributed by atoms with E-state index >= 15 is 0 Å². The number of aliphatic hydroxyl groups is 1. The Balaban J connectivity index is 2.18. The maximum absolute atomic E-state index is 13.2. The van der Waals surface area contributed by atoms with Crippen LogP contribution in [0, 0.1) is 0 Å². The second-order valence-corrected chi connectivity index (χ2v) is 8.84. The van der Waals surface area contributed by atoms with Crippen molar-refractivity contribution in [1.82, 2.24) is 0 Å². The fourth-order valence-corrected chi connectivity index (χ4v) is 4.84. The molecule has 0 heterocycles. The second kappa shape index (κ2) is 7.23. The van der Waals surface area contributed by atoms with Gasteiger partial charge < -0.3 is 5.11 Å². The highest BCUT2D eigenvalue weighted by Crippen LogP contribution is 2.38. The van der Waals surface area contributed by atoms with Crippen molar-refractivity contribution in [3.63, 3.8) is 0 Å². The third-order valence-electron chi connectivity index (χ3n) is 4.62. The molecule has 1 atom stereocenters. The molecule has 0 radical (unpaired) electrons. The van der Waals surface area contributed by atoms with Crippen LogP contribution in [0.1, 0.15) is 18.1 Å². The standard InChI is InChI=1S/C21H19ClO3S/c1-16(26(24,25)20-14-12-19(22)13-15-20)21(23,17-8-4-2-5-9-17)18-10-6-3-7-11-18/h2-16,23H,1H3. The Kier molecular flexibility index (Phi) is 5.19. The van der Waals surface area contributed by atoms with E-state index in [1.807, 2.05) is 12.1 Å². The molecule has 0 aliphatic heterocycles. The maximum atomic E-state index is 13.2. The third-order valence-corrected chi connectivity index (χ3v) is 7.08. The van der Waals surface area contributed by atoms with Crippen molar-refractivity contribution >= 4 is 21.4 Å². The van der Waals surface area contributed by atoms with Crippen LogP contribution in [0.4, 0.5) is 0 Å². The molecule has 0 amide bonds. The highest BCUT2D eigenvalue weighted by atomic mass is 35.5. The van der Waals surface area contributed by atoms with Crippen LogP contribution in [0.25, 0.3) is 0 Å². The monoisotopic (exact) mass is 386 g/mol. The normalized spacial score (nSPS) is 13.3. The van der Waals surface area contributed by atoms with E-state index in [4.69, 9.17) is 11.6 Å². The molecule has 0 saturated heterocycles. The van der Waals surface area contributed by atoms with Gasteiger partial charge in [-0.3, -0.25) is 0 Å². The molecule has 0 aliphatic rings. The number of halogens is 1. The lowest BCUT2D eigenvalue weighted by Gasteiger charge is -2.35. The van der Waals surface area contributed by atoms with Gasteiger partial charge in [0.2, 0.25) is 0 Å². The van der Waals surface area contributed by atoms with Gasteiger partial charge in [0.25, 0.3) is 0 Å². The zero-order valence-electron chi connectivity index (χ0n) is 14.2. The minimum absolute atomic E-state index is 0.125. The van der Waals surface area contributed by atoms with Crippen molar-refractivity contribution in [2.45, 2.75) is 22.7 Å². The molecule has 3 nitrogen and oxygen atoms in total. The largest absolute Gasteiger partial charge is 0.379 e. The first-order chi connectivity index (χ1) is 12.4. The fourth-order valence-electron chi connectivity index (χ4n) is 3.07. The average molecular weight is 387 g/mol. The first-order valence-corrected chi connectivity index (χ1v) is 10.1. The van der Waals surface area contributed by atoms with E-state index in [1.54, 1.807) is 48.5 Å². The van der Waals surface area contributed by atoms with Crippen molar-refractivity contribution < 1.29 is 13.5 Å². The molecule has 0 bridgehead atoms. The molecule has 1 N–H and O–H groups in total. The summed E-state index contributed by atoms with van der Waals surface area (Å²) in [6, 6.07) is 23.7. The molecule has 1 unspecified atom stereocenters. The predicted octanol–water partition coefficient (Wildman–Crippen LogP) is 4.44. The Labute approximate surface area is 158 Å². The Hall–Kier alpha value is -2.14. The Morgan fingerprint density at radius 3 is 1.65 bits per heavy atom. The summed E-state index contributed by atoms with van der Waals surface area (Å²) >= 11 is 5.88. The van der Waals surface area contributed by atoms with E-state index in [9.17, 15) is 13.5 Å². The first-order valence-electron chi connectivity index (χ1n) is 8.19. The maximum Gasteiger partial charge on any atom is 0.184 e. The summed E-state index contributed by atoms with van der Waals surface area (Å²) in [5.74, 6) is 0. The van der Waals surface area contributed by atoms with Gasteiger partial charge in [0.1, 0.15) is 10.9 Å². The van der Waals surface area contributed by atoms with Gasteiger partial charge in [-0.15, -0.1) is 0 Å². The lowest BCUT2D eigenvalue weighted by Crippen LogP contribution is -2.43. The molecule has 0 fully saturated rings. The minimum Gasteiger partial charge on any atom is -0.379 e. The molecule has 3 rings (SSSR count). The third kappa shape index (κ3) is 3.28. The van der Waals surface area contributed by atoms with Gasteiger partial charge in [-0.1, -0.05) is 72.3 Å². The van der Waals surface area contributed by atoms with Crippen molar-refractivity contribution in [1.29, 1.82) is 0 Å². The van der Waals surface area contributed by atoms with Crippen LogP contribution >= 0.6 is 11.6 Å². The molecular weight excluding hydrogens is 368 g/mol. The summed E-state index contributed by atoms with van der Waals surface area (Å²) in [6.45, 7) is 1.53. The molecule has 3 aromatic carbocycles. The van der Waals surface area contributed by atoms with E-state index in [2.05, 4.69) is 0 Å². The topological polar surface area (TPSA) is 54.4 Å². The highest BCUT2D eigenvalue weighted by molar-refractivity contribution is 7.92. The number of hydrogen-bond acceptors (Lipinski definition) is 3. The van der Waals surface area contributed by atoms with Gasteiger partial charge in [0.05, 0.1) is 4.90 Å². The summed E-state index contributed by atoms with van der Waals surface area (Å²) in [4.78, 5) is 0.125. The number of rotatable bonds is 5. The second-order valence-electron chi connectivity index (χ2n) is 6.14. The zero-order valence-corrected chi connectivity index (χ0v) is 15.8. The van der Waals surface area contributed by atoms with E-state index < -0.39 is 20.7 Å². The van der Waals surface area contributed by atoms with Crippen LogP contribution in [0.5, 0.6) is 0 Å². The lowest BCUT2D eigenvalue weighted by molar-refractivity contribution is 0.0797. The molecule has 0 spiro atoms. The van der Waals surface area contributed by atoms with Crippen LogP contribution < -0.4 is 0 Å². The first kappa shape index (κ1) is 18.6. The molecule has 26 heavy (non-hydrogen) atoms. The van der Waals surface area contributed by atoms with E-state index in [0.717, 1.165) is 0 Å². The highest BCUT2D eigenvalue weighted by Gasteiger charge is 2.45. The number of sulfone groups is 1. The van der Waals surface area contributed by atoms with Gasteiger partial charge in [0, 0.05) is 5.02 Å². The summed E-state index contributed by atoms with van der Waals surface area (Å²) < 4.78 is 26.5. The predicted molar refractivity (Wildman–Crippen MR) is 104 cm³/mol. The Bertz CT molecular complexity index is 929. The smallest absolute Gasteiger partial charge is 0.184 e. The molecular formula is C21H19ClO3S. The summed E-state index contributed by atoms with van der Waals surface area (Å²) in [7, 11) is -3.82. The van der Waals surface area contributed by atoms with Gasteiger partial charge in [-0.2, -0.15) is 0 Å². The summed E-state index contributed by atoms with van der Waals surface area (Å²) in [5.41, 5.74) is -0.645. The van der Waals surface area contributed by atoms with Crippen molar-refractivity contribution in [2.75, 3.05) is 0 Å². The van der Waals surface area contributed by atoms with Crippen molar-refractivity contribution in [2.24, 2.45) is 0 Å². The quantitative estimate of drug-likeness (QED) is 0.705. The molecule has 0 aliphatic carbocycles. The zero-order chi connectivity index (χ0) is 18.8. The van der Waals surface area contributed by atoms with Crippen LogP contribution in [-0.2, 0) is 15.4 Å². The molecule has 0 aromatic heterocycles. The van der Waals surface area contributed by atoms with Crippen molar-refractivity contribution in [3.05, 3.63) is 101 Å². The van der Waals surface area contributed by atoms with Crippen LogP contribution in [-0.4, -0.2) is 18.8 Å². The molecule has 0 saturated carbocycles. The van der Waals surface area contributed by atoms with Crippen molar-refractivity contribution in [3.8, 4) is 0 Å². The summed E-state index contributed by atoms with van der Waals surface area (Å²) in [6.07, 6.45) is 0. The van der Waals surface area contributed by atoms with Gasteiger partial charge in [-0.25, -0.2) is 8.42 Å². The average Bonchev–Trinajstić information content (AvgIpc) is 2.68. The van der Waals surface area contributed by atoms with Gasteiger partial charge in [0.15, 0.2) is 9.84 Å². The minimum atomic E-state index is -3.82. The lowest BCUT2D eigenvalue weighted by atomic mass is 9.84. The molecule has 134 valence electrons. The molecule has 5 heteroatoms. The molecule has 3 aromatic rings. The Morgan fingerprint density at radius 1 is 0.808 bits per heavy atom. The van der Waals surface area contributed by atoms with E-state index in [1.165, 1.54) is 31.2 Å². The van der Waals surface area contributed by atoms with Gasteiger partial charge in [-0.05, 0) is 42.3 Å². The van der Waals surface area contributed by atoms with Gasteiger partial charge >= 0.3 is 0 Å². The Morgan fingerprint density at radius 2 is 1.23 bits per heavy atom. The summed E-state index contributed by atoms with van der Waals surface area (Å²) in [5, 5.41) is 11.0. The van der Waals surface area contributed by atoms with Crippen LogP contribution in [0.3, 0.4) is 0 Å². The van der Waals surface area contributed by atoms with Crippen LogP contribution in [0.2, 0.25) is 5.02 Å². The fraction of sp³-hybridized carbons (Fsp3) is 0.143. The van der Waals surface area contributed by atoms with E-state index in [0.29, 0.717) is 16.1 Å². The number of benzene rings is 3. The van der Waals surface area contributed by atoms with Crippen LogP contribution in [0.15, 0.2) is 89.8 Å².